The molecule has 0 spiro atoms. The lowest BCUT2D eigenvalue weighted by Gasteiger charge is -2.11. The van der Waals surface area contributed by atoms with Crippen molar-refractivity contribution in [1.29, 1.82) is 0 Å². The third kappa shape index (κ3) is 2.33. The Balaban J connectivity index is 2.60. The molecule has 0 atom stereocenters. The number of phenols is 1. The van der Waals surface area contributed by atoms with Gasteiger partial charge in [-0.25, -0.2) is 0 Å². The Kier molecular flexibility index (Phi) is 3.48. The summed E-state index contributed by atoms with van der Waals surface area (Å²) in [7, 11) is 0. The van der Waals surface area contributed by atoms with E-state index in [0.29, 0.717) is 5.75 Å². The second-order valence-electron chi connectivity index (χ2n) is 4.22. The van der Waals surface area contributed by atoms with Gasteiger partial charge in [-0.3, -0.25) is 0 Å². The van der Waals surface area contributed by atoms with E-state index in [0.717, 1.165) is 29.5 Å². The fraction of sp³-hybridized carbons (Fsp3) is 0.250. The molecule has 0 radical (unpaired) electrons. The van der Waals surface area contributed by atoms with Crippen molar-refractivity contribution in [2.75, 3.05) is 0 Å². The average Bonchev–Trinajstić information content (AvgIpc) is 2.40. The van der Waals surface area contributed by atoms with E-state index in [2.05, 4.69) is 26.0 Å². The van der Waals surface area contributed by atoms with Gasteiger partial charge >= 0.3 is 0 Å². The molecule has 0 aliphatic carbocycles. The Morgan fingerprint density at radius 3 is 2.24 bits per heavy atom. The molecule has 1 N–H and O–H groups in total. The zero-order chi connectivity index (χ0) is 12.3. The van der Waals surface area contributed by atoms with Crippen LogP contribution in [0, 0.1) is 0 Å². The average molecular weight is 226 g/mol. The van der Waals surface area contributed by atoms with Crippen LogP contribution in [-0.4, -0.2) is 5.11 Å². The van der Waals surface area contributed by atoms with E-state index in [4.69, 9.17) is 0 Å². The van der Waals surface area contributed by atoms with Crippen molar-refractivity contribution in [2.24, 2.45) is 0 Å². The fourth-order valence-corrected chi connectivity index (χ4v) is 2.07. The van der Waals surface area contributed by atoms with Crippen molar-refractivity contribution in [2.45, 2.75) is 26.7 Å². The van der Waals surface area contributed by atoms with Crippen LogP contribution in [-0.2, 0) is 12.8 Å². The highest BCUT2D eigenvalue weighted by Gasteiger charge is 2.09. The van der Waals surface area contributed by atoms with Gasteiger partial charge in [0.1, 0.15) is 5.75 Å². The highest BCUT2D eigenvalue weighted by molar-refractivity contribution is 5.72. The summed E-state index contributed by atoms with van der Waals surface area (Å²) in [5, 5.41) is 10.3. The summed E-state index contributed by atoms with van der Waals surface area (Å²) in [6, 6.07) is 14.2. The lowest BCUT2D eigenvalue weighted by atomic mass is 9.96. The van der Waals surface area contributed by atoms with Gasteiger partial charge in [0.2, 0.25) is 0 Å². The number of phenolic OH excluding ortho intramolecular Hbond substituents is 1. The van der Waals surface area contributed by atoms with Crippen molar-refractivity contribution < 1.29 is 5.11 Å². The molecule has 0 heterocycles. The van der Waals surface area contributed by atoms with Crippen LogP contribution in [0.4, 0.5) is 0 Å². The quantitative estimate of drug-likeness (QED) is 0.832. The molecule has 0 bridgehead atoms. The molecule has 17 heavy (non-hydrogen) atoms. The van der Waals surface area contributed by atoms with Gasteiger partial charge in [-0.2, -0.15) is 0 Å². The summed E-state index contributed by atoms with van der Waals surface area (Å²) >= 11 is 0. The van der Waals surface area contributed by atoms with E-state index < -0.39 is 0 Å². The first-order valence-corrected chi connectivity index (χ1v) is 6.16. The van der Waals surface area contributed by atoms with Crippen molar-refractivity contribution in [3.63, 3.8) is 0 Å². The largest absolute Gasteiger partial charge is 0.507 e. The Morgan fingerprint density at radius 1 is 0.941 bits per heavy atom. The minimum atomic E-state index is 0.427. The van der Waals surface area contributed by atoms with Gasteiger partial charge < -0.3 is 5.11 Å². The Hall–Kier alpha value is -1.76. The predicted octanol–water partition coefficient (Wildman–Crippen LogP) is 4.18. The monoisotopic (exact) mass is 226 g/mol. The molecule has 0 aliphatic rings. The molecule has 0 amide bonds. The van der Waals surface area contributed by atoms with Crippen molar-refractivity contribution in [3.8, 4) is 16.9 Å². The molecule has 2 rings (SSSR count). The van der Waals surface area contributed by atoms with Crippen molar-refractivity contribution in [1.82, 2.24) is 0 Å². The van der Waals surface area contributed by atoms with E-state index in [1.54, 1.807) is 0 Å². The maximum atomic E-state index is 10.3. The van der Waals surface area contributed by atoms with Gasteiger partial charge in [-0.15, -0.1) is 0 Å². The SMILES string of the molecule is CCc1cc(CC)c(O)c(-c2ccccc2)c1. The van der Waals surface area contributed by atoms with Crippen LogP contribution >= 0.6 is 0 Å². The lowest BCUT2D eigenvalue weighted by Crippen LogP contribution is -1.90. The zero-order valence-corrected chi connectivity index (χ0v) is 10.4. The topological polar surface area (TPSA) is 20.2 Å². The van der Waals surface area contributed by atoms with Gasteiger partial charge in [0.15, 0.2) is 0 Å². The van der Waals surface area contributed by atoms with Crippen LogP contribution in [0.1, 0.15) is 25.0 Å². The molecule has 0 saturated heterocycles. The summed E-state index contributed by atoms with van der Waals surface area (Å²) < 4.78 is 0. The molecule has 2 aromatic rings. The van der Waals surface area contributed by atoms with Crippen molar-refractivity contribution in [3.05, 3.63) is 53.6 Å². The number of aromatic hydroxyl groups is 1. The number of benzene rings is 2. The van der Waals surface area contributed by atoms with E-state index >= 15 is 0 Å². The Morgan fingerprint density at radius 2 is 1.65 bits per heavy atom. The van der Waals surface area contributed by atoms with E-state index in [1.807, 2.05) is 30.3 Å². The molecule has 0 unspecified atom stereocenters. The lowest BCUT2D eigenvalue weighted by molar-refractivity contribution is 0.470. The molecular weight excluding hydrogens is 208 g/mol. The molecule has 2 aromatic carbocycles. The van der Waals surface area contributed by atoms with E-state index in [-0.39, 0.29) is 0 Å². The van der Waals surface area contributed by atoms with Crippen LogP contribution in [0.25, 0.3) is 11.1 Å². The highest BCUT2D eigenvalue weighted by atomic mass is 16.3. The maximum Gasteiger partial charge on any atom is 0.126 e. The minimum absolute atomic E-state index is 0.427. The van der Waals surface area contributed by atoms with Crippen LogP contribution in [0.15, 0.2) is 42.5 Å². The number of hydrogen-bond donors (Lipinski definition) is 1. The number of rotatable bonds is 3. The van der Waals surface area contributed by atoms with Gasteiger partial charge in [0.25, 0.3) is 0 Å². The first kappa shape index (κ1) is 11.7. The van der Waals surface area contributed by atoms with Gasteiger partial charge in [-0.05, 0) is 35.6 Å². The first-order chi connectivity index (χ1) is 8.26. The first-order valence-electron chi connectivity index (χ1n) is 6.16. The van der Waals surface area contributed by atoms with Gasteiger partial charge in [0, 0.05) is 5.56 Å². The molecule has 1 nitrogen and oxygen atoms in total. The Labute approximate surface area is 103 Å². The fourth-order valence-electron chi connectivity index (χ4n) is 2.07. The third-order valence-electron chi connectivity index (χ3n) is 3.12. The van der Waals surface area contributed by atoms with E-state index in [9.17, 15) is 5.11 Å². The van der Waals surface area contributed by atoms with E-state index in [1.165, 1.54) is 5.56 Å². The van der Waals surface area contributed by atoms with Crippen LogP contribution in [0.2, 0.25) is 0 Å². The smallest absolute Gasteiger partial charge is 0.126 e. The second-order valence-corrected chi connectivity index (χ2v) is 4.22. The molecule has 0 fully saturated rings. The van der Waals surface area contributed by atoms with Gasteiger partial charge in [-0.1, -0.05) is 50.2 Å². The summed E-state index contributed by atoms with van der Waals surface area (Å²) in [5.41, 5.74) is 4.33. The molecule has 88 valence electrons. The number of hydrogen-bond acceptors (Lipinski definition) is 1. The Bertz CT molecular complexity index is 500. The van der Waals surface area contributed by atoms with Gasteiger partial charge in [0.05, 0.1) is 0 Å². The second kappa shape index (κ2) is 5.05. The predicted molar refractivity (Wildman–Crippen MR) is 72.3 cm³/mol. The summed E-state index contributed by atoms with van der Waals surface area (Å²) in [6.07, 6.45) is 1.85. The minimum Gasteiger partial charge on any atom is -0.507 e. The normalized spacial score (nSPS) is 10.5. The zero-order valence-electron chi connectivity index (χ0n) is 10.4. The maximum absolute atomic E-state index is 10.3. The van der Waals surface area contributed by atoms with Crippen molar-refractivity contribution >= 4 is 0 Å². The molecule has 0 saturated carbocycles. The molecule has 0 aromatic heterocycles. The standard InChI is InChI=1S/C16H18O/c1-3-12-10-13(4-2)16(17)15(11-12)14-8-6-5-7-9-14/h5-11,17H,3-4H2,1-2H3. The number of aryl methyl sites for hydroxylation is 2. The van der Waals surface area contributed by atoms with Crippen LogP contribution in [0.3, 0.4) is 0 Å². The highest BCUT2D eigenvalue weighted by Crippen LogP contribution is 2.33. The molecule has 1 heteroatoms. The molecule has 0 aliphatic heterocycles. The van der Waals surface area contributed by atoms with Crippen LogP contribution in [0.5, 0.6) is 5.75 Å². The third-order valence-corrected chi connectivity index (χ3v) is 3.12. The summed E-state index contributed by atoms with van der Waals surface area (Å²) in [6.45, 7) is 4.21. The molecular formula is C16H18O. The summed E-state index contributed by atoms with van der Waals surface area (Å²) in [4.78, 5) is 0. The van der Waals surface area contributed by atoms with Crippen LogP contribution < -0.4 is 0 Å². The summed E-state index contributed by atoms with van der Waals surface area (Å²) in [5.74, 6) is 0.427.